The second-order valence-corrected chi connectivity index (χ2v) is 7.89. The third-order valence-corrected chi connectivity index (χ3v) is 5.77. The Kier molecular flexibility index (Phi) is 5.03. The molecule has 0 aliphatic heterocycles. The number of hydrogen-bond donors (Lipinski definition) is 1. The SMILES string of the molecule is CCS(=O)CCNC1CCCc2sc(Cl)cc21. The van der Waals surface area contributed by atoms with E-state index in [4.69, 9.17) is 11.6 Å². The molecule has 2 atom stereocenters. The van der Waals surface area contributed by atoms with Gasteiger partial charge in [-0.1, -0.05) is 18.5 Å². The average Bonchev–Trinajstić information content (AvgIpc) is 2.70. The lowest BCUT2D eigenvalue weighted by molar-refractivity contribution is 0.477. The fourth-order valence-electron chi connectivity index (χ4n) is 2.22. The van der Waals surface area contributed by atoms with Crippen LogP contribution in [0.3, 0.4) is 0 Å². The van der Waals surface area contributed by atoms with E-state index < -0.39 is 10.8 Å². The van der Waals surface area contributed by atoms with E-state index in [0.29, 0.717) is 6.04 Å². The Hall–Kier alpha value is 0.1000. The van der Waals surface area contributed by atoms with Gasteiger partial charge in [0.2, 0.25) is 0 Å². The summed E-state index contributed by atoms with van der Waals surface area (Å²) in [6.45, 7) is 2.80. The highest BCUT2D eigenvalue weighted by atomic mass is 35.5. The maximum atomic E-state index is 11.4. The first kappa shape index (κ1) is 13.5. The molecule has 0 radical (unpaired) electrons. The summed E-state index contributed by atoms with van der Waals surface area (Å²) in [6, 6.07) is 2.51. The molecule has 1 aromatic heterocycles. The van der Waals surface area contributed by atoms with Crippen LogP contribution in [0, 0.1) is 0 Å². The van der Waals surface area contributed by atoms with E-state index in [9.17, 15) is 4.21 Å². The number of hydrogen-bond acceptors (Lipinski definition) is 3. The van der Waals surface area contributed by atoms with Crippen molar-refractivity contribution in [3.05, 3.63) is 20.8 Å². The minimum atomic E-state index is -0.670. The lowest BCUT2D eigenvalue weighted by Gasteiger charge is -2.23. The van der Waals surface area contributed by atoms with E-state index in [-0.39, 0.29) is 0 Å². The molecule has 0 spiro atoms. The van der Waals surface area contributed by atoms with E-state index in [1.807, 2.05) is 6.92 Å². The maximum Gasteiger partial charge on any atom is 0.0934 e. The zero-order valence-corrected chi connectivity index (χ0v) is 12.4. The number of fused-ring (bicyclic) bond motifs is 1. The molecule has 0 fully saturated rings. The number of rotatable bonds is 5. The summed E-state index contributed by atoms with van der Waals surface area (Å²) in [7, 11) is -0.670. The van der Waals surface area contributed by atoms with Gasteiger partial charge in [-0.05, 0) is 30.9 Å². The van der Waals surface area contributed by atoms with E-state index in [1.54, 1.807) is 11.3 Å². The highest BCUT2D eigenvalue weighted by Gasteiger charge is 2.22. The molecule has 2 rings (SSSR count). The molecule has 2 unspecified atom stereocenters. The lowest BCUT2D eigenvalue weighted by atomic mass is 9.94. The number of nitrogens with one attached hydrogen (secondary N) is 1. The number of thiophene rings is 1. The topological polar surface area (TPSA) is 29.1 Å². The standard InChI is InChI=1S/C12H18ClNOS2/c1-2-17(15)7-6-14-10-4-3-5-11-9(10)8-12(13)16-11/h8,10,14H,2-7H2,1H3. The molecule has 0 aromatic carbocycles. The molecule has 1 heterocycles. The summed E-state index contributed by atoms with van der Waals surface area (Å²) >= 11 is 7.77. The van der Waals surface area contributed by atoms with Crippen LogP contribution in [0.15, 0.2) is 6.07 Å². The van der Waals surface area contributed by atoms with Gasteiger partial charge in [0.1, 0.15) is 0 Å². The Balaban J connectivity index is 1.92. The maximum absolute atomic E-state index is 11.4. The van der Waals surface area contributed by atoms with Crippen LogP contribution in [-0.4, -0.2) is 22.3 Å². The monoisotopic (exact) mass is 291 g/mol. The smallest absolute Gasteiger partial charge is 0.0934 e. The third kappa shape index (κ3) is 3.53. The molecule has 0 saturated heterocycles. The van der Waals surface area contributed by atoms with Gasteiger partial charge in [0, 0.05) is 39.8 Å². The third-order valence-electron chi connectivity index (χ3n) is 3.13. The first-order valence-corrected chi connectivity index (χ1v) is 8.75. The molecule has 1 aliphatic carbocycles. The van der Waals surface area contributed by atoms with Crippen LogP contribution in [0.5, 0.6) is 0 Å². The predicted molar refractivity (Wildman–Crippen MR) is 76.6 cm³/mol. The van der Waals surface area contributed by atoms with Gasteiger partial charge in [-0.2, -0.15) is 0 Å². The zero-order valence-electron chi connectivity index (χ0n) is 10.0. The summed E-state index contributed by atoms with van der Waals surface area (Å²) in [5.41, 5.74) is 1.37. The van der Waals surface area contributed by atoms with E-state index in [0.717, 1.165) is 28.8 Å². The summed E-state index contributed by atoms with van der Waals surface area (Å²) in [4.78, 5) is 1.43. The summed E-state index contributed by atoms with van der Waals surface area (Å²) in [6.07, 6.45) is 3.54. The van der Waals surface area contributed by atoms with Crippen LogP contribution in [0.2, 0.25) is 4.34 Å². The van der Waals surface area contributed by atoms with Crippen LogP contribution in [0.4, 0.5) is 0 Å². The molecule has 1 aromatic rings. The van der Waals surface area contributed by atoms with Crippen molar-refractivity contribution in [3.63, 3.8) is 0 Å². The van der Waals surface area contributed by atoms with Crippen molar-refractivity contribution in [2.45, 2.75) is 32.2 Å². The Bertz CT molecular complexity index is 405. The second-order valence-electron chi connectivity index (χ2n) is 4.26. The molecule has 1 N–H and O–H groups in total. The highest BCUT2D eigenvalue weighted by molar-refractivity contribution is 7.84. The second kappa shape index (κ2) is 6.32. The van der Waals surface area contributed by atoms with Crippen molar-refractivity contribution in [3.8, 4) is 0 Å². The summed E-state index contributed by atoms with van der Waals surface area (Å²) in [5, 5.41) is 3.51. The molecule has 5 heteroatoms. The van der Waals surface area contributed by atoms with Crippen molar-refractivity contribution in [1.29, 1.82) is 0 Å². The Morgan fingerprint density at radius 2 is 2.47 bits per heavy atom. The summed E-state index contributed by atoms with van der Waals surface area (Å²) < 4.78 is 12.2. The molecule has 0 amide bonds. The average molecular weight is 292 g/mol. The van der Waals surface area contributed by atoms with Crippen LogP contribution < -0.4 is 5.32 Å². The number of halogens is 1. The summed E-state index contributed by atoms with van der Waals surface area (Å²) in [5.74, 6) is 1.50. The Morgan fingerprint density at radius 3 is 3.24 bits per heavy atom. The zero-order chi connectivity index (χ0) is 12.3. The van der Waals surface area contributed by atoms with Crippen LogP contribution in [-0.2, 0) is 17.2 Å². The first-order valence-electron chi connectivity index (χ1n) is 6.07. The molecular formula is C12H18ClNOS2. The molecule has 2 nitrogen and oxygen atoms in total. The van der Waals surface area contributed by atoms with Gasteiger partial charge in [0.15, 0.2) is 0 Å². The Morgan fingerprint density at radius 1 is 1.65 bits per heavy atom. The molecule has 0 bridgehead atoms. The van der Waals surface area contributed by atoms with E-state index in [2.05, 4.69) is 11.4 Å². The van der Waals surface area contributed by atoms with Crippen LogP contribution in [0.25, 0.3) is 0 Å². The lowest BCUT2D eigenvalue weighted by Crippen LogP contribution is -2.28. The minimum Gasteiger partial charge on any atom is -0.309 e. The fourth-order valence-corrected chi connectivity index (χ4v) is 4.24. The molecule has 0 saturated carbocycles. The van der Waals surface area contributed by atoms with Gasteiger partial charge < -0.3 is 5.32 Å². The van der Waals surface area contributed by atoms with Gasteiger partial charge >= 0.3 is 0 Å². The minimum absolute atomic E-state index is 0.413. The first-order chi connectivity index (χ1) is 8.20. The van der Waals surface area contributed by atoms with Gasteiger partial charge in [-0.3, -0.25) is 4.21 Å². The molecule has 17 heavy (non-hydrogen) atoms. The fraction of sp³-hybridized carbons (Fsp3) is 0.667. The van der Waals surface area contributed by atoms with Gasteiger partial charge in [0.05, 0.1) is 4.34 Å². The quantitative estimate of drug-likeness (QED) is 0.903. The van der Waals surface area contributed by atoms with Crippen molar-refractivity contribution in [2.24, 2.45) is 0 Å². The normalized spacial score (nSPS) is 21.2. The molecular weight excluding hydrogens is 274 g/mol. The van der Waals surface area contributed by atoms with Crippen LogP contribution >= 0.6 is 22.9 Å². The molecule has 96 valence electrons. The predicted octanol–water partition coefficient (Wildman–Crippen LogP) is 3.14. The van der Waals surface area contributed by atoms with Gasteiger partial charge in [-0.25, -0.2) is 0 Å². The van der Waals surface area contributed by atoms with Crippen LogP contribution in [0.1, 0.15) is 36.2 Å². The van der Waals surface area contributed by atoms with Crippen molar-refractivity contribution < 1.29 is 4.21 Å². The largest absolute Gasteiger partial charge is 0.309 e. The highest BCUT2D eigenvalue weighted by Crippen LogP contribution is 2.37. The van der Waals surface area contributed by atoms with Crippen molar-refractivity contribution in [1.82, 2.24) is 5.32 Å². The van der Waals surface area contributed by atoms with Crippen molar-refractivity contribution >= 4 is 33.7 Å². The Labute approximate surface area is 114 Å². The number of aryl methyl sites for hydroxylation is 1. The molecule has 1 aliphatic rings. The van der Waals surface area contributed by atoms with E-state index >= 15 is 0 Å². The van der Waals surface area contributed by atoms with Crippen molar-refractivity contribution in [2.75, 3.05) is 18.1 Å². The van der Waals surface area contributed by atoms with E-state index in [1.165, 1.54) is 23.3 Å². The van der Waals surface area contributed by atoms with Gasteiger partial charge in [-0.15, -0.1) is 11.3 Å². The van der Waals surface area contributed by atoms with Gasteiger partial charge in [0.25, 0.3) is 0 Å².